The van der Waals surface area contributed by atoms with Gasteiger partial charge in [-0.05, 0) is 36.4 Å². The highest BCUT2D eigenvalue weighted by atomic mass is 35.5. The number of furan rings is 1. The van der Waals surface area contributed by atoms with E-state index in [1.165, 1.54) is 30.3 Å². The maximum absolute atomic E-state index is 12.8. The molecule has 0 spiro atoms. The van der Waals surface area contributed by atoms with Crippen LogP contribution in [0.25, 0.3) is 17.4 Å². The highest BCUT2D eigenvalue weighted by Gasteiger charge is 2.33. The number of benzene rings is 2. The fraction of sp³-hybridized carbons (Fsp3) is 0.0476. The molecule has 3 aromatic rings. The molecular weight excluding hydrogens is 451 g/mol. The zero-order valence-electron chi connectivity index (χ0n) is 15.8. The Hall–Kier alpha value is -4.10. The number of para-hydroxylation sites is 1. The number of carbonyl (C=O) groups is 1. The first-order valence-corrected chi connectivity index (χ1v) is 9.11. The number of nitriles is 1. The molecule has 0 atom stereocenters. The first-order valence-electron chi connectivity index (χ1n) is 8.73. The quantitative estimate of drug-likeness (QED) is 0.214. The Bertz CT molecular complexity index is 1280. The molecule has 3 rings (SSSR count). The van der Waals surface area contributed by atoms with Gasteiger partial charge in [0.2, 0.25) is 0 Å². The number of nitrogens with one attached hydrogen (secondary N) is 1. The summed E-state index contributed by atoms with van der Waals surface area (Å²) in [5.74, 6) is -0.696. The van der Waals surface area contributed by atoms with Gasteiger partial charge in [-0.2, -0.15) is 18.4 Å². The average Bonchev–Trinajstić information content (AvgIpc) is 3.19. The molecule has 0 aliphatic heterocycles. The van der Waals surface area contributed by atoms with Gasteiger partial charge in [-0.25, -0.2) is 0 Å². The van der Waals surface area contributed by atoms with Gasteiger partial charge in [-0.15, -0.1) is 0 Å². The van der Waals surface area contributed by atoms with Gasteiger partial charge in [0, 0.05) is 17.8 Å². The number of nitro groups is 1. The molecule has 162 valence electrons. The minimum absolute atomic E-state index is 0.0470. The molecule has 0 radical (unpaired) electrons. The van der Waals surface area contributed by atoms with Crippen LogP contribution >= 0.6 is 11.6 Å². The number of hydrogen-bond donors (Lipinski definition) is 1. The summed E-state index contributed by atoms with van der Waals surface area (Å²) in [7, 11) is 0. The van der Waals surface area contributed by atoms with Crippen molar-refractivity contribution in [1.29, 1.82) is 5.26 Å². The van der Waals surface area contributed by atoms with E-state index in [-0.39, 0.29) is 28.5 Å². The highest BCUT2D eigenvalue weighted by molar-refractivity contribution is 6.31. The smallest absolute Gasteiger partial charge is 0.417 e. The molecule has 0 saturated heterocycles. The minimum Gasteiger partial charge on any atom is -0.456 e. The van der Waals surface area contributed by atoms with Crippen molar-refractivity contribution < 1.29 is 27.3 Å². The van der Waals surface area contributed by atoms with E-state index in [4.69, 9.17) is 16.0 Å². The second-order valence-corrected chi connectivity index (χ2v) is 6.70. The standard InChI is InChI=1S/C21H11ClF3N3O4/c22-17-10-13(5-7-16(17)21(23,24)25)27-20(29)12(11-26)9-14-6-8-19(32-14)15-3-1-2-4-18(15)28(30)31/h1-10H,(H,27,29)/b12-9+. The third-order valence-corrected chi connectivity index (χ3v) is 4.49. The van der Waals surface area contributed by atoms with Crippen molar-refractivity contribution in [2.24, 2.45) is 0 Å². The maximum Gasteiger partial charge on any atom is 0.417 e. The van der Waals surface area contributed by atoms with Gasteiger partial charge in [-0.1, -0.05) is 23.7 Å². The normalized spacial score (nSPS) is 11.7. The van der Waals surface area contributed by atoms with E-state index in [1.807, 2.05) is 0 Å². The second kappa shape index (κ2) is 8.95. The number of nitrogens with zero attached hydrogens (tertiary/aromatic N) is 2. The lowest BCUT2D eigenvalue weighted by Crippen LogP contribution is -2.14. The van der Waals surface area contributed by atoms with Crippen LogP contribution in [-0.2, 0) is 11.0 Å². The highest BCUT2D eigenvalue weighted by Crippen LogP contribution is 2.36. The van der Waals surface area contributed by atoms with Gasteiger partial charge in [0.15, 0.2) is 0 Å². The number of rotatable bonds is 5. The summed E-state index contributed by atoms with van der Waals surface area (Å²) in [6.45, 7) is 0. The van der Waals surface area contributed by atoms with E-state index >= 15 is 0 Å². The largest absolute Gasteiger partial charge is 0.456 e. The van der Waals surface area contributed by atoms with E-state index in [1.54, 1.807) is 12.1 Å². The first-order chi connectivity index (χ1) is 15.1. The summed E-state index contributed by atoms with van der Waals surface area (Å²) < 4.78 is 43.9. The Kier molecular flexibility index (Phi) is 6.32. The van der Waals surface area contributed by atoms with Gasteiger partial charge >= 0.3 is 6.18 Å². The van der Waals surface area contributed by atoms with Crippen LogP contribution < -0.4 is 5.32 Å². The second-order valence-electron chi connectivity index (χ2n) is 6.29. The molecule has 7 nitrogen and oxygen atoms in total. The summed E-state index contributed by atoms with van der Waals surface area (Å²) in [4.78, 5) is 23.0. The maximum atomic E-state index is 12.8. The molecule has 1 amide bonds. The summed E-state index contributed by atoms with van der Waals surface area (Å²) in [6.07, 6.45) is -3.55. The molecule has 1 heterocycles. The third-order valence-electron chi connectivity index (χ3n) is 4.18. The van der Waals surface area contributed by atoms with Crippen molar-refractivity contribution in [2.45, 2.75) is 6.18 Å². The molecule has 0 fully saturated rings. The number of anilines is 1. The topological polar surface area (TPSA) is 109 Å². The number of nitro benzene ring substituents is 1. The molecule has 2 aromatic carbocycles. The number of hydrogen-bond acceptors (Lipinski definition) is 5. The Morgan fingerprint density at radius 1 is 1.19 bits per heavy atom. The molecule has 0 bridgehead atoms. The van der Waals surface area contributed by atoms with Gasteiger partial charge in [0.1, 0.15) is 23.2 Å². The molecule has 0 saturated carbocycles. The van der Waals surface area contributed by atoms with Crippen molar-refractivity contribution in [3.05, 3.63) is 86.6 Å². The van der Waals surface area contributed by atoms with Crippen LogP contribution in [0, 0.1) is 21.4 Å². The van der Waals surface area contributed by atoms with Crippen molar-refractivity contribution >= 4 is 35.0 Å². The lowest BCUT2D eigenvalue weighted by atomic mass is 10.1. The number of alkyl halides is 3. The molecule has 0 unspecified atom stereocenters. The predicted octanol–water partition coefficient (Wildman–Crippen LogP) is 6.07. The molecule has 32 heavy (non-hydrogen) atoms. The molecule has 0 aliphatic carbocycles. The average molecular weight is 462 g/mol. The molecule has 1 aromatic heterocycles. The molecule has 1 N–H and O–H groups in total. The van der Waals surface area contributed by atoms with E-state index in [2.05, 4.69) is 5.32 Å². The van der Waals surface area contributed by atoms with Crippen molar-refractivity contribution in [2.75, 3.05) is 5.32 Å². The van der Waals surface area contributed by atoms with Gasteiger partial charge < -0.3 is 9.73 Å². The zero-order valence-corrected chi connectivity index (χ0v) is 16.6. The first kappa shape index (κ1) is 22.6. The van der Waals surface area contributed by atoms with Crippen LogP contribution in [0.4, 0.5) is 24.5 Å². The summed E-state index contributed by atoms with van der Waals surface area (Å²) in [5, 5.41) is 22.1. The fourth-order valence-corrected chi connectivity index (χ4v) is 3.02. The third kappa shape index (κ3) is 4.96. The summed E-state index contributed by atoms with van der Waals surface area (Å²) in [6, 6.07) is 13.0. The molecule has 11 heteroatoms. The van der Waals surface area contributed by atoms with Crippen LogP contribution in [0.3, 0.4) is 0 Å². The fourth-order valence-electron chi connectivity index (χ4n) is 2.73. The predicted molar refractivity (Wildman–Crippen MR) is 109 cm³/mol. The van der Waals surface area contributed by atoms with Crippen LogP contribution in [0.5, 0.6) is 0 Å². The number of carbonyl (C=O) groups excluding carboxylic acids is 1. The van der Waals surface area contributed by atoms with E-state index in [0.717, 1.165) is 18.2 Å². The molecule has 0 aliphatic rings. The van der Waals surface area contributed by atoms with Gasteiger partial charge in [0.25, 0.3) is 11.6 Å². The minimum atomic E-state index is -4.65. The lowest BCUT2D eigenvalue weighted by molar-refractivity contribution is -0.384. The zero-order chi connectivity index (χ0) is 23.5. The number of amides is 1. The Balaban J connectivity index is 1.83. The van der Waals surface area contributed by atoms with Crippen LogP contribution in [0.2, 0.25) is 5.02 Å². The monoisotopic (exact) mass is 461 g/mol. The van der Waals surface area contributed by atoms with E-state index < -0.39 is 33.2 Å². The van der Waals surface area contributed by atoms with Gasteiger partial charge in [0.05, 0.1) is 21.1 Å². The molecular formula is C21H11ClF3N3O4. The Labute approximate surface area is 183 Å². The lowest BCUT2D eigenvalue weighted by Gasteiger charge is -2.10. The van der Waals surface area contributed by atoms with E-state index in [0.29, 0.717) is 6.07 Å². The summed E-state index contributed by atoms with van der Waals surface area (Å²) >= 11 is 5.62. The Morgan fingerprint density at radius 3 is 2.53 bits per heavy atom. The van der Waals surface area contributed by atoms with Crippen molar-refractivity contribution in [1.82, 2.24) is 0 Å². The summed E-state index contributed by atoms with van der Waals surface area (Å²) in [5.41, 5.74) is -1.50. The SMILES string of the molecule is N#C/C(=C\c1ccc(-c2ccccc2[N+](=O)[O-])o1)C(=O)Nc1ccc(C(F)(F)F)c(Cl)c1. The van der Waals surface area contributed by atoms with E-state index in [9.17, 15) is 33.3 Å². The van der Waals surface area contributed by atoms with Crippen LogP contribution in [0.15, 0.2) is 64.6 Å². The van der Waals surface area contributed by atoms with Crippen molar-refractivity contribution in [3.8, 4) is 17.4 Å². The van der Waals surface area contributed by atoms with Crippen LogP contribution in [-0.4, -0.2) is 10.8 Å². The van der Waals surface area contributed by atoms with Crippen molar-refractivity contribution in [3.63, 3.8) is 0 Å². The Morgan fingerprint density at radius 2 is 1.91 bits per heavy atom. The van der Waals surface area contributed by atoms with Gasteiger partial charge in [-0.3, -0.25) is 14.9 Å². The number of halogens is 4. The van der Waals surface area contributed by atoms with Crippen LogP contribution in [0.1, 0.15) is 11.3 Å².